The molecule has 3 aromatic rings. The Kier molecular flexibility index (Phi) is 3.86. The fourth-order valence-corrected chi connectivity index (χ4v) is 3.97. The summed E-state index contributed by atoms with van der Waals surface area (Å²) in [5, 5.41) is 4.59. The van der Waals surface area contributed by atoms with Crippen LogP contribution < -0.4 is 5.32 Å². The second-order valence-corrected chi connectivity index (χ2v) is 7.41. The lowest BCUT2D eigenvalue weighted by atomic mass is 10.2. The zero-order valence-electron chi connectivity index (χ0n) is 9.86. The van der Waals surface area contributed by atoms with Gasteiger partial charge in [0.2, 0.25) is 0 Å². The number of hydrogen-bond donors (Lipinski definition) is 1. The highest BCUT2D eigenvalue weighted by molar-refractivity contribution is 9.13. The lowest BCUT2D eigenvalue weighted by Gasteiger charge is -2.05. The van der Waals surface area contributed by atoms with Crippen LogP contribution >= 0.6 is 43.2 Å². The van der Waals surface area contributed by atoms with E-state index in [0.717, 1.165) is 31.4 Å². The van der Waals surface area contributed by atoms with Gasteiger partial charge in [0.05, 0.1) is 9.30 Å². The average Bonchev–Trinajstić information content (AvgIpc) is 2.75. The highest BCUT2D eigenvalue weighted by Crippen LogP contribution is 2.32. The molecule has 0 aliphatic carbocycles. The first kappa shape index (κ1) is 13.1. The van der Waals surface area contributed by atoms with Crippen molar-refractivity contribution < 1.29 is 0 Å². The lowest BCUT2D eigenvalue weighted by molar-refractivity contribution is 1.19. The van der Waals surface area contributed by atoms with Gasteiger partial charge in [0, 0.05) is 33.2 Å². The van der Waals surface area contributed by atoms with Crippen LogP contribution in [0.3, 0.4) is 0 Å². The molecule has 2 aromatic heterocycles. The maximum atomic E-state index is 4.32. The van der Waals surface area contributed by atoms with Crippen molar-refractivity contribution in [2.24, 2.45) is 0 Å². The number of nitrogens with one attached hydrogen (secondary N) is 1. The maximum Gasteiger partial charge on any atom is 0.0843 e. The summed E-state index contributed by atoms with van der Waals surface area (Å²) in [5.41, 5.74) is 2.14. The molecule has 3 rings (SSSR count). The molecule has 0 saturated carbocycles. The maximum absolute atomic E-state index is 4.32. The molecule has 0 bridgehead atoms. The minimum atomic E-state index is 0.820. The third-order valence-electron chi connectivity index (χ3n) is 2.77. The van der Waals surface area contributed by atoms with E-state index in [9.17, 15) is 0 Å². The van der Waals surface area contributed by atoms with Gasteiger partial charge in [-0.15, -0.1) is 11.3 Å². The lowest BCUT2D eigenvalue weighted by Crippen LogP contribution is -1.97. The number of rotatable bonds is 3. The summed E-state index contributed by atoms with van der Waals surface area (Å²) in [6, 6.07) is 12.4. The first-order valence-corrected chi connectivity index (χ1v) is 8.15. The van der Waals surface area contributed by atoms with Gasteiger partial charge in [-0.2, -0.15) is 0 Å². The van der Waals surface area contributed by atoms with E-state index in [1.165, 1.54) is 4.88 Å². The van der Waals surface area contributed by atoms with Gasteiger partial charge in [-0.1, -0.05) is 6.07 Å². The van der Waals surface area contributed by atoms with Crippen molar-refractivity contribution in [3.8, 4) is 0 Å². The zero-order chi connectivity index (χ0) is 13.2. The van der Waals surface area contributed by atoms with Crippen molar-refractivity contribution in [1.29, 1.82) is 0 Å². The Morgan fingerprint density at radius 1 is 1.16 bits per heavy atom. The van der Waals surface area contributed by atoms with E-state index in [0.29, 0.717) is 0 Å². The Morgan fingerprint density at radius 2 is 2.05 bits per heavy atom. The van der Waals surface area contributed by atoms with Gasteiger partial charge in [-0.3, -0.25) is 4.98 Å². The van der Waals surface area contributed by atoms with Crippen LogP contribution in [0.2, 0.25) is 0 Å². The number of benzene rings is 1. The highest BCUT2D eigenvalue weighted by Gasteiger charge is 2.04. The Balaban J connectivity index is 1.78. The molecule has 19 heavy (non-hydrogen) atoms. The molecule has 96 valence electrons. The number of halogens is 2. The third kappa shape index (κ3) is 2.99. The average molecular weight is 398 g/mol. The Morgan fingerprint density at radius 3 is 2.84 bits per heavy atom. The number of anilines is 1. The molecule has 2 heterocycles. The second-order valence-electron chi connectivity index (χ2n) is 4.10. The third-order valence-corrected chi connectivity index (χ3v) is 6.02. The van der Waals surface area contributed by atoms with Crippen LogP contribution in [0.1, 0.15) is 4.88 Å². The normalized spacial score (nSPS) is 10.8. The zero-order valence-corrected chi connectivity index (χ0v) is 13.8. The molecule has 0 radical (unpaired) electrons. The van der Waals surface area contributed by atoms with E-state index in [-0.39, 0.29) is 0 Å². The molecule has 0 aliphatic heterocycles. The van der Waals surface area contributed by atoms with Gasteiger partial charge >= 0.3 is 0 Å². The van der Waals surface area contributed by atoms with Crippen molar-refractivity contribution in [2.75, 3.05) is 5.32 Å². The number of hydrogen-bond acceptors (Lipinski definition) is 3. The molecule has 0 aliphatic rings. The molecule has 0 spiro atoms. The van der Waals surface area contributed by atoms with Crippen LogP contribution in [0.15, 0.2) is 50.9 Å². The molecule has 0 amide bonds. The van der Waals surface area contributed by atoms with E-state index >= 15 is 0 Å². The van der Waals surface area contributed by atoms with Gasteiger partial charge in [-0.25, -0.2) is 0 Å². The molecule has 5 heteroatoms. The first-order chi connectivity index (χ1) is 9.22. The second kappa shape index (κ2) is 5.61. The summed E-state index contributed by atoms with van der Waals surface area (Å²) < 4.78 is 2.24. The number of fused-ring (bicyclic) bond motifs is 1. The van der Waals surface area contributed by atoms with Crippen LogP contribution in [0.5, 0.6) is 0 Å². The van der Waals surface area contributed by atoms with Crippen molar-refractivity contribution in [2.45, 2.75) is 6.54 Å². The molecule has 0 unspecified atom stereocenters. The quantitative estimate of drug-likeness (QED) is 0.636. The summed E-state index contributed by atoms with van der Waals surface area (Å²) in [6.45, 7) is 0.820. The van der Waals surface area contributed by atoms with Gasteiger partial charge in [-0.05, 0) is 62.2 Å². The molecule has 1 N–H and O–H groups in total. The monoisotopic (exact) mass is 396 g/mol. The van der Waals surface area contributed by atoms with Crippen LogP contribution in [0.4, 0.5) is 5.69 Å². The predicted octanol–water partition coefficient (Wildman–Crippen LogP) is 5.43. The SMILES string of the molecule is Brc1cc(CNc2ccc3ncccc3c2)sc1Br. The Bertz CT molecular complexity index is 705. The van der Waals surface area contributed by atoms with Crippen LogP contribution in [-0.2, 0) is 6.54 Å². The van der Waals surface area contributed by atoms with Gasteiger partial charge in [0.1, 0.15) is 0 Å². The minimum Gasteiger partial charge on any atom is -0.380 e. The number of aromatic nitrogens is 1. The topological polar surface area (TPSA) is 24.9 Å². The Hall–Kier alpha value is -0.910. The van der Waals surface area contributed by atoms with E-state index in [1.807, 2.05) is 18.3 Å². The molecule has 1 aromatic carbocycles. The summed E-state index contributed by atoms with van der Waals surface area (Å²) in [5.74, 6) is 0. The minimum absolute atomic E-state index is 0.820. The summed E-state index contributed by atoms with van der Waals surface area (Å²) in [4.78, 5) is 5.60. The van der Waals surface area contributed by atoms with Crippen molar-refractivity contribution in [3.63, 3.8) is 0 Å². The molecule has 0 atom stereocenters. The summed E-state index contributed by atoms with van der Waals surface area (Å²) >= 11 is 8.74. The molecule has 0 fully saturated rings. The molecule has 0 saturated heterocycles. The van der Waals surface area contributed by atoms with Crippen LogP contribution in [0, 0.1) is 0 Å². The van der Waals surface area contributed by atoms with Crippen molar-refractivity contribution >= 4 is 59.8 Å². The first-order valence-electron chi connectivity index (χ1n) is 5.75. The number of thiophene rings is 1. The van der Waals surface area contributed by atoms with E-state index < -0.39 is 0 Å². The largest absolute Gasteiger partial charge is 0.380 e. The van der Waals surface area contributed by atoms with Gasteiger partial charge in [0.15, 0.2) is 0 Å². The molecular weight excluding hydrogens is 388 g/mol. The predicted molar refractivity (Wildman–Crippen MR) is 88.8 cm³/mol. The number of nitrogens with zero attached hydrogens (tertiary/aromatic N) is 1. The fourth-order valence-electron chi connectivity index (χ4n) is 1.85. The molecular formula is C14H10Br2N2S. The van der Waals surface area contributed by atoms with Crippen molar-refractivity contribution in [3.05, 3.63) is 55.7 Å². The standard InChI is InChI=1S/C14H10Br2N2S/c15-12-7-11(19-14(12)16)8-18-10-3-4-13-9(6-10)2-1-5-17-13/h1-7,18H,8H2. The van der Waals surface area contributed by atoms with E-state index in [4.69, 9.17) is 0 Å². The van der Waals surface area contributed by atoms with E-state index in [2.05, 4.69) is 66.4 Å². The van der Waals surface area contributed by atoms with Crippen LogP contribution in [-0.4, -0.2) is 4.98 Å². The fraction of sp³-hybridized carbons (Fsp3) is 0.0714. The van der Waals surface area contributed by atoms with Gasteiger partial charge < -0.3 is 5.32 Å². The van der Waals surface area contributed by atoms with Crippen LogP contribution in [0.25, 0.3) is 10.9 Å². The number of pyridine rings is 1. The molecule has 2 nitrogen and oxygen atoms in total. The smallest absolute Gasteiger partial charge is 0.0843 e. The summed E-state index contributed by atoms with van der Waals surface area (Å²) in [6.07, 6.45) is 1.82. The van der Waals surface area contributed by atoms with Crippen molar-refractivity contribution in [1.82, 2.24) is 4.98 Å². The highest BCUT2D eigenvalue weighted by atomic mass is 79.9. The Labute approximate surface area is 132 Å². The van der Waals surface area contributed by atoms with Gasteiger partial charge in [0.25, 0.3) is 0 Å². The summed E-state index contributed by atoms with van der Waals surface area (Å²) in [7, 11) is 0. The van der Waals surface area contributed by atoms with E-state index in [1.54, 1.807) is 11.3 Å².